The topological polar surface area (TPSA) is 84.3 Å². The van der Waals surface area contributed by atoms with Crippen molar-refractivity contribution in [3.63, 3.8) is 0 Å². The summed E-state index contributed by atoms with van der Waals surface area (Å²) in [6, 6.07) is 16.6. The normalized spacial score (nSPS) is 10.4. The molecule has 2 aromatic carbocycles. The third-order valence-electron chi connectivity index (χ3n) is 3.68. The number of hydrogen-bond acceptors (Lipinski definition) is 6. The smallest absolute Gasteiger partial charge is 0.274 e. The van der Waals surface area contributed by atoms with E-state index < -0.39 is 5.91 Å². The number of hydrogen-bond donors (Lipinski definition) is 2. The van der Waals surface area contributed by atoms with E-state index in [-0.39, 0.29) is 0 Å². The summed E-state index contributed by atoms with van der Waals surface area (Å²) in [5.41, 5.74) is 4.84. The van der Waals surface area contributed by atoms with Gasteiger partial charge in [-0.25, -0.2) is 15.4 Å². The summed E-state index contributed by atoms with van der Waals surface area (Å²) in [7, 11) is 1.63. The Morgan fingerprint density at radius 1 is 1.19 bits per heavy atom. The molecule has 3 aromatic rings. The predicted molar refractivity (Wildman–Crippen MR) is 99.3 cm³/mol. The van der Waals surface area contributed by atoms with Crippen LogP contribution in [-0.2, 0) is 5.75 Å². The predicted octanol–water partition coefficient (Wildman–Crippen LogP) is 3.56. The van der Waals surface area contributed by atoms with Gasteiger partial charge in [-0.3, -0.25) is 10.0 Å². The number of methoxy groups -OCH3 is 1. The molecule has 1 heterocycles. The molecule has 0 atom stereocenters. The van der Waals surface area contributed by atoms with Gasteiger partial charge in [0.1, 0.15) is 5.75 Å². The van der Waals surface area contributed by atoms with Crippen molar-refractivity contribution in [3.05, 3.63) is 71.9 Å². The Kier molecular flexibility index (Phi) is 5.83. The summed E-state index contributed by atoms with van der Waals surface area (Å²) in [4.78, 5) is 20.2. The molecule has 2 N–H and O–H groups in total. The summed E-state index contributed by atoms with van der Waals surface area (Å²) in [6.07, 6.45) is 1.73. The van der Waals surface area contributed by atoms with E-state index in [1.165, 1.54) is 11.8 Å². The lowest BCUT2D eigenvalue weighted by atomic mass is 10.1. The van der Waals surface area contributed by atoms with Gasteiger partial charge in [-0.1, -0.05) is 36.0 Å². The summed E-state index contributed by atoms with van der Waals surface area (Å²) in [5.74, 6) is 0.920. The first-order chi connectivity index (χ1) is 12.7. The molecule has 132 valence electrons. The first-order valence-corrected chi connectivity index (χ1v) is 8.82. The maximum absolute atomic E-state index is 11.3. The van der Waals surface area contributed by atoms with Gasteiger partial charge in [0, 0.05) is 23.1 Å². The number of nitrogens with one attached hydrogen (secondary N) is 1. The minimum absolute atomic E-state index is 0.400. The quantitative estimate of drug-likeness (QED) is 0.300. The molecule has 0 saturated carbocycles. The second-order valence-corrected chi connectivity index (χ2v) is 6.33. The number of aromatic nitrogens is 2. The monoisotopic (exact) mass is 367 g/mol. The van der Waals surface area contributed by atoms with E-state index >= 15 is 0 Å². The Bertz CT molecular complexity index is 901. The molecule has 6 nitrogen and oxygen atoms in total. The minimum Gasteiger partial charge on any atom is -0.497 e. The first kappa shape index (κ1) is 17.9. The molecule has 1 aromatic heterocycles. The van der Waals surface area contributed by atoms with Crippen LogP contribution < -0.4 is 10.2 Å². The van der Waals surface area contributed by atoms with Crippen LogP contribution in [0.5, 0.6) is 5.75 Å². The molecule has 0 unspecified atom stereocenters. The fraction of sp³-hybridized carbons (Fsp3) is 0.105. The Hall–Kier alpha value is -2.90. The summed E-state index contributed by atoms with van der Waals surface area (Å²) < 4.78 is 5.25. The van der Waals surface area contributed by atoms with Gasteiger partial charge < -0.3 is 4.74 Å². The summed E-state index contributed by atoms with van der Waals surface area (Å²) in [5, 5.41) is 9.30. The van der Waals surface area contributed by atoms with Gasteiger partial charge in [0.25, 0.3) is 5.91 Å². The highest BCUT2D eigenvalue weighted by atomic mass is 32.2. The van der Waals surface area contributed by atoms with Crippen molar-refractivity contribution >= 4 is 17.7 Å². The molecule has 0 aliphatic carbocycles. The number of amides is 1. The van der Waals surface area contributed by atoms with E-state index in [9.17, 15) is 4.79 Å². The first-order valence-electron chi connectivity index (χ1n) is 7.83. The molecule has 1 amide bonds. The number of nitrogens with zero attached hydrogens (tertiary/aromatic N) is 2. The average Bonchev–Trinajstić information content (AvgIpc) is 2.72. The van der Waals surface area contributed by atoms with E-state index in [2.05, 4.69) is 9.97 Å². The molecule has 26 heavy (non-hydrogen) atoms. The largest absolute Gasteiger partial charge is 0.497 e. The number of thioether (sulfide) groups is 1. The number of carbonyl (C=O) groups excluding carboxylic acids is 1. The van der Waals surface area contributed by atoms with Gasteiger partial charge in [0.15, 0.2) is 5.16 Å². The Morgan fingerprint density at radius 3 is 2.73 bits per heavy atom. The van der Waals surface area contributed by atoms with E-state index in [0.717, 1.165) is 22.6 Å². The number of hydroxylamine groups is 1. The van der Waals surface area contributed by atoms with Gasteiger partial charge in [-0.05, 0) is 35.9 Å². The minimum atomic E-state index is -0.529. The molecule has 0 saturated heterocycles. The highest BCUT2D eigenvalue weighted by molar-refractivity contribution is 7.98. The second-order valence-electron chi connectivity index (χ2n) is 5.38. The fourth-order valence-corrected chi connectivity index (χ4v) is 3.10. The molecular formula is C19H17N3O3S. The van der Waals surface area contributed by atoms with E-state index in [4.69, 9.17) is 9.94 Å². The van der Waals surface area contributed by atoms with Crippen LogP contribution in [0.15, 0.2) is 66.0 Å². The van der Waals surface area contributed by atoms with Crippen LogP contribution in [0.4, 0.5) is 0 Å². The highest BCUT2D eigenvalue weighted by Gasteiger charge is 2.06. The van der Waals surface area contributed by atoms with Gasteiger partial charge in [-0.2, -0.15) is 0 Å². The zero-order chi connectivity index (χ0) is 18.4. The summed E-state index contributed by atoms with van der Waals surface area (Å²) in [6.45, 7) is 0. The van der Waals surface area contributed by atoms with Crippen molar-refractivity contribution in [3.8, 4) is 17.0 Å². The van der Waals surface area contributed by atoms with Crippen LogP contribution in [0, 0.1) is 0 Å². The lowest BCUT2D eigenvalue weighted by Gasteiger charge is -2.06. The van der Waals surface area contributed by atoms with Crippen molar-refractivity contribution in [2.45, 2.75) is 10.9 Å². The van der Waals surface area contributed by atoms with Gasteiger partial charge in [-0.15, -0.1) is 0 Å². The maximum atomic E-state index is 11.3. The fourth-order valence-electron chi connectivity index (χ4n) is 2.32. The highest BCUT2D eigenvalue weighted by Crippen LogP contribution is 2.25. The lowest BCUT2D eigenvalue weighted by Crippen LogP contribution is -2.18. The SMILES string of the molecule is COc1cccc(-c2ccnc(SCc3ccc(C(=O)NO)cc3)n2)c1. The number of ether oxygens (including phenoxy) is 1. The average molecular weight is 367 g/mol. The van der Waals surface area contributed by atoms with E-state index in [1.54, 1.807) is 30.9 Å². The number of rotatable bonds is 6. The van der Waals surface area contributed by atoms with Crippen LogP contribution in [0.2, 0.25) is 0 Å². The molecule has 0 spiro atoms. The van der Waals surface area contributed by atoms with Crippen molar-refractivity contribution < 1.29 is 14.7 Å². The molecule has 0 fully saturated rings. The number of benzene rings is 2. The third-order valence-corrected chi connectivity index (χ3v) is 4.62. The van der Waals surface area contributed by atoms with Gasteiger partial charge in [0.2, 0.25) is 0 Å². The van der Waals surface area contributed by atoms with Crippen molar-refractivity contribution in [1.29, 1.82) is 0 Å². The standard InChI is InChI=1S/C19H17N3O3S/c1-25-16-4-2-3-15(11-16)17-9-10-20-19(21-17)26-12-13-5-7-14(8-6-13)18(23)22-24/h2-11,24H,12H2,1H3,(H,22,23). The zero-order valence-electron chi connectivity index (χ0n) is 14.0. The van der Waals surface area contributed by atoms with E-state index in [1.807, 2.05) is 42.5 Å². The van der Waals surface area contributed by atoms with Crippen molar-refractivity contribution in [2.24, 2.45) is 0 Å². The molecule has 0 aliphatic heterocycles. The zero-order valence-corrected chi connectivity index (χ0v) is 14.9. The van der Waals surface area contributed by atoms with Crippen LogP contribution in [0.3, 0.4) is 0 Å². The molecule has 0 bridgehead atoms. The van der Waals surface area contributed by atoms with Crippen molar-refractivity contribution in [1.82, 2.24) is 15.4 Å². The third kappa shape index (κ3) is 4.38. The van der Waals surface area contributed by atoms with Crippen LogP contribution in [0.25, 0.3) is 11.3 Å². The maximum Gasteiger partial charge on any atom is 0.274 e. The van der Waals surface area contributed by atoms with Crippen LogP contribution in [-0.4, -0.2) is 28.2 Å². The van der Waals surface area contributed by atoms with Crippen LogP contribution in [0.1, 0.15) is 15.9 Å². The number of carbonyl (C=O) groups is 1. The van der Waals surface area contributed by atoms with Crippen molar-refractivity contribution in [2.75, 3.05) is 7.11 Å². The van der Waals surface area contributed by atoms with Crippen LogP contribution >= 0.6 is 11.8 Å². The molecule has 0 radical (unpaired) electrons. The second kappa shape index (κ2) is 8.46. The Balaban J connectivity index is 1.70. The Labute approximate surface area is 155 Å². The van der Waals surface area contributed by atoms with E-state index in [0.29, 0.717) is 16.5 Å². The molecule has 7 heteroatoms. The van der Waals surface area contributed by atoms with Gasteiger partial charge >= 0.3 is 0 Å². The molecule has 3 rings (SSSR count). The molecule has 0 aliphatic rings. The lowest BCUT2D eigenvalue weighted by molar-refractivity contribution is 0.0706. The summed E-state index contributed by atoms with van der Waals surface area (Å²) >= 11 is 1.51. The van der Waals surface area contributed by atoms with Gasteiger partial charge in [0.05, 0.1) is 12.8 Å². The molecular weight excluding hydrogens is 350 g/mol. The Morgan fingerprint density at radius 2 is 2.00 bits per heavy atom.